The van der Waals surface area contributed by atoms with Crippen molar-refractivity contribution in [3.63, 3.8) is 0 Å². The van der Waals surface area contributed by atoms with Gasteiger partial charge in [0.25, 0.3) is 0 Å². The van der Waals surface area contributed by atoms with Crippen LogP contribution in [0.5, 0.6) is 11.5 Å². The highest BCUT2D eigenvalue weighted by molar-refractivity contribution is 5.95. The Bertz CT molecular complexity index is 1170. The van der Waals surface area contributed by atoms with Crippen molar-refractivity contribution in [2.75, 3.05) is 0 Å². The molecule has 5 nitrogen and oxygen atoms in total. The van der Waals surface area contributed by atoms with Crippen molar-refractivity contribution in [3.05, 3.63) is 77.9 Å². The van der Waals surface area contributed by atoms with Gasteiger partial charge in [-0.1, -0.05) is 6.08 Å². The molecule has 3 rings (SSSR count). The Morgan fingerprint density at radius 1 is 1.18 bits per heavy atom. The third-order valence-corrected chi connectivity index (χ3v) is 4.46. The quantitative estimate of drug-likeness (QED) is 0.213. The number of carbonyl (C=O) groups is 1. The van der Waals surface area contributed by atoms with Crippen molar-refractivity contribution in [2.45, 2.75) is 32.7 Å². The number of alkyl halides is 3. The highest BCUT2D eigenvalue weighted by Gasteiger charge is 2.31. The first-order chi connectivity index (χ1) is 15.5. The first kappa shape index (κ1) is 24.0. The van der Waals surface area contributed by atoms with E-state index in [1.54, 1.807) is 6.08 Å². The highest BCUT2D eigenvalue weighted by atomic mass is 19.4. The first-order valence-electron chi connectivity index (χ1n) is 9.62. The summed E-state index contributed by atoms with van der Waals surface area (Å²) in [5.41, 5.74) is 0.0413. The smallest absolute Gasteiger partial charge is 0.478 e. The van der Waals surface area contributed by atoms with E-state index in [1.165, 1.54) is 19.1 Å². The highest BCUT2D eigenvalue weighted by Crippen LogP contribution is 2.33. The van der Waals surface area contributed by atoms with Crippen molar-refractivity contribution in [3.8, 4) is 22.8 Å². The van der Waals surface area contributed by atoms with Crippen LogP contribution in [0, 0.1) is 11.6 Å². The molecule has 3 aromatic rings. The van der Waals surface area contributed by atoms with Crippen LogP contribution in [0.15, 0.2) is 53.5 Å². The molecule has 0 saturated carbocycles. The van der Waals surface area contributed by atoms with Crippen LogP contribution in [0.4, 0.5) is 22.0 Å². The molecular formula is C23H18F5NO4. The Morgan fingerprint density at radius 3 is 2.42 bits per heavy atom. The van der Waals surface area contributed by atoms with E-state index in [1.807, 2.05) is 0 Å². The van der Waals surface area contributed by atoms with Crippen molar-refractivity contribution in [1.29, 1.82) is 0 Å². The van der Waals surface area contributed by atoms with Crippen LogP contribution < -0.4 is 9.47 Å². The van der Waals surface area contributed by atoms with E-state index in [0.29, 0.717) is 17.0 Å². The van der Waals surface area contributed by atoms with Crippen LogP contribution in [0.3, 0.4) is 0 Å². The number of benzene rings is 2. The minimum atomic E-state index is -4.82. The van der Waals surface area contributed by atoms with E-state index in [9.17, 15) is 26.7 Å². The lowest BCUT2D eigenvalue weighted by Gasteiger charge is -2.13. The number of ketones is 1. The van der Waals surface area contributed by atoms with E-state index in [0.717, 1.165) is 31.2 Å². The van der Waals surface area contributed by atoms with Gasteiger partial charge in [0.05, 0.1) is 5.56 Å². The molecule has 0 aliphatic rings. The van der Waals surface area contributed by atoms with Gasteiger partial charge in [0, 0.05) is 12.0 Å². The molecule has 1 unspecified atom stereocenters. The molecule has 0 amide bonds. The maximum absolute atomic E-state index is 14.5. The molecule has 174 valence electrons. The SMILES string of the molecule is C=CCc1oc(C(C)Oc2ccc(F)c(C(C)=O)c2F)nc1-c1ccc(OC(F)(F)F)cc1. The number of hydrogen-bond donors (Lipinski definition) is 0. The van der Waals surface area contributed by atoms with Crippen molar-refractivity contribution >= 4 is 5.78 Å². The normalized spacial score (nSPS) is 12.3. The van der Waals surface area contributed by atoms with E-state index < -0.39 is 41.2 Å². The number of aromatic nitrogens is 1. The lowest BCUT2D eigenvalue weighted by molar-refractivity contribution is -0.274. The molecule has 1 atom stereocenters. The molecule has 1 aromatic heterocycles. The first-order valence-corrected chi connectivity index (χ1v) is 9.62. The fourth-order valence-corrected chi connectivity index (χ4v) is 3.04. The number of rotatable bonds is 8. The Hall–Kier alpha value is -3.69. The summed E-state index contributed by atoms with van der Waals surface area (Å²) in [6, 6.07) is 6.97. The average Bonchev–Trinajstić information content (AvgIpc) is 3.14. The Balaban J connectivity index is 1.90. The lowest BCUT2D eigenvalue weighted by Crippen LogP contribution is -2.16. The second-order valence-corrected chi connectivity index (χ2v) is 6.94. The minimum absolute atomic E-state index is 0.0329. The van der Waals surface area contributed by atoms with Crippen molar-refractivity contribution in [2.24, 2.45) is 0 Å². The minimum Gasteiger partial charge on any atom is -0.478 e. The number of nitrogens with zero attached hydrogens (tertiary/aromatic N) is 1. The number of Topliss-reactive ketones (excluding diaryl/α,β-unsaturated/α-hetero) is 1. The van der Waals surface area contributed by atoms with E-state index in [-0.39, 0.29) is 18.1 Å². The van der Waals surface area contributed by atoms with Crippen LogP contribution >= 0.6 is 0 Å². The van der Waals surface area contributed by atoms with Gasteiger partial charge in [-0.3, -0.25) is 4.79 Å². The van der Waals surface area contributed by atoms with Crippen LogP contribution in [-0.2, 0) is 6.42 Å². The summed E-state index contributed by atoms with van der Waals surface area (Å²) in [6.45, 7) is 6.17. The summed E-state index contributed by atoms with van der Waals surface area (Å²) in [7, 11) is 0. The molecule has 0 aliphatic heterocycles. The molecule has 0 aliphatic carbocycles. The van der Waals surface area contributed by atoms with Gasteiger partial charge >= 0.3 is 6.36 Å². The molecular weight excluding hydrogens is 449 g/mol. The number of allylic oxidation sites excluding steroid dienone is 1. The van der Waals surface area contributed by atoms with Gasteiger partial charge in [0.1, 0.15) is 23.0 Å². The fourth-order valence-electron chi connectivity index (χ4n) is 3.04. The van der Waals surface area contributed by atoms with Gasteiger partial charge < -0.3 is 13.9 Å². The topological polar surface area (TPSA) is 61.6 Å². The van der Waals surface area contributed by atoms with Gasteiger partial charge in [-0.25, -0.2) is 13.8 Å². The fraction of sp³-hybridized carbons (Fsp3) is 0.217. The predicted molar refractivity (Wildman–Crippen MR) is 108 cm³/mol. The molecule has 1 heterocycles. The van der Waals surface area contributed by atoms with Gasteiger partial charge in [-0.05, 0) is 50.2 Å². The molecule has 10 heteroatoms. The standard InChI is InChI=1S/C23H18F5NO4/c1-4-5-18-21(14-6-8-15(9-7-14)33-23(26,27)28)29-22(32-18)13(3)31-17-11-10-16(24)19(12(2)30)20(17)25/h4,6-11,13H,1,5H2,2-3H3. The molecule has 2 aromatic carbocycles. The third kappa shape index (κ3) is 5.57. The zero-order valence-electron chi connectivity index (χ0n) is 17.5. The summed E-state index contributed by atoms with van der Waals surface area (Å²) in [6.07, 6.45) is -3.98. The molecule has 33 heavy (non-hydrogen) atoms. The van der Waals surface area contributed by atoms with Gasteiger partial charge in [0.15, 0.2) is 23.5 Å². The summed E-state index contributed by atoms with van der Waals surface area (Å²) in [5.74, 6) is -3.34. The molecule has 0 bridgehead atoms. The number of oxazole rings is 1. The average molecular weight is 467 g/mol. The summed E-state index contributed by atoms with van der Waals surface area (Å²) in [4.78, 5) is 15.9. The molecule has 0 radical (unpaired) electrons. The molecule has 0 N–H and O–H groups in total. The monoisotopic (exact) mass is 467 g/mol. The molecule has 0 spiro atoms. The second kappa shape index (κ2) is 9.43. The Labute approximate surface area is 185 Å². The second-order valence-electron chi connectivity index (χ2n) is 6.94. The number of hydrogen-bond acceptors (Lipinski definition) is 5. The van der Waals surface area contributed by atoms with Crippen LogP contribution in [0.2, 0.25) is 0 Å². The summed E-state index contributed by atoms with van der Waals surface area (Å²) >= 11 is 0. The third-order valence-electron chi connectivity index (χ3n) is 4.46. The van der Waals surface area contributed by atoms with Crippen molar-refractivity contribution < 1.29 is 40.6 Å². The zero-order valence-corrected chi connectivity index (χ0v) is 17.5. The maximum atomic E-state index is 14.5. The maximum Gasteiger partial charge on any atom is 0.573 e. The van der Waals surface area contributed by atoms with E-state index in [4.69, 9.17) is 9.15 Å². The lowest BCUT2D eigenvalue weighted by atomic mass is 10.1. The Kier molecular flexibility index (Phi) is 6.85. The number of ether oxygens (including phenoxy) is 2. The summed E-state index contributed by atoms with van der Waals surface area (Å²) < 4.78 is 80.5. The van der Waals surface area contributed by atoms with E-state index >= 15 is 0 Å². The van der Waals surface area contributed by atoms with Gasteiger partial charge in [0.2, 0.25) is 5.89 Å². The van der Waals surface area contributed by atoms with Crippen LogP contribution in [0.1, 0.15) is 42.0 Å². The van der Waals surface area contributed by atoms with Gasteiger partial charge in [-0.15, -0.1) is 19.8 Å². The number of carbonyl (C=O) groups excluding carboxylic acids is 1. The van der Waals surface area contributed by atoms with Gasteiger partial charge in [-0.2, -0.15) is 0 Å². The largest absolute Gasteiger partial charge is 0.573 e. The predicted octanol–water partition coefficient (Wildman–Crippen LogP) is 6.59. The summed E-state index contributed by atoms with van der Waals surface area (Å²) in [5, 5.41) is 0. The van der Waals surface area contributed by atoms with E-state index in [2.05, 4.69) is 16.3 Å². The Morgan fingerprint density at radius 2 is 1.85 bits per heavy atom. The zero-order chi connectivity index (χ0) is 24.3. The number of halogens is 5. The van der Waals surface area contributed by atoms with Crippen molar-refractivity contribution in [1.82, 2.24) is 4.98 Å². The molecule has 0 saturated heterocycles. The molecule has 0 fully saturated rings. The van der Waals surface area contributed by atoms with Crippen LogP contribution in [0.25, 0.3) is 11.3 Å². The van der Waals surface area contributed by atoms with Crippen LogP contribution in [-0.4, -0.2) is 17.1 Å².